The first-order chi connectivity index (χ1) is 4.29. The lowest BCUT2D eigenvalue weighted by Crippen LogP contribution is -1.79. The minimum Gasteiger partial charge on any atom is -0.210 e. The van der Waals surface area contributed by atoms with Crippen LogP contribution in [0.4, 0.5) is 0 Å². The van der Waals surface area contributed by atoms with E-state index in [1.165, 1.54) is 11.1 Å². The van der Waals surface area contributed by atoms with Crippen LogP contribution in [0.25, 0.3) is 0 Å². The molecule has 0 unspecified atom stereocenters. The van der Waals surface area contributed by atoms with E-state index in [1.807, 2.05) is 6.92 Å². The molecule has 1 aromatic carbocycles. The second-order valence-corrected chi connectivity index (χ2v) is 2.43. The van der Waals surface area contributed by atoms with Crippen LogP contribution in [-0.2, 0) is 6.42 Å². The Balaban J connectivity index is 2.58. The van der Waals surface area contributed by atoms with Crippen LogP contribution in [0.5, 0.6) is 0 Å². The van der Waals surface area contributed by atoms with Gasteiger partial charge in [-0.2, -0.15) is 23.8 Å². The van der Waals surface area contributed by atoms with Gasteiger partial charge in [0.15, 0.2) is 0 Å². The summed E-state index contributed by atoms with van der Waals surface area (Å²) in [6.45, 7) is 5.88. The van der Waals surface area contributed by atoms with Crippen LogP contribution in [0, 0.1) is 0 Å². The van der Waals surface area contributed by atoms with Gasteiger partial charge in [0.05, 0.1) is 0 Å². The van der Waals surface area contributed by atoms with Crippen molar-refractivity contribution in [2.75, 3.05) is 0 Å². The average Bonchev–Trinajstić information content (AvgIpc) is 2.15. The van der Waals surface area contributed by atoms with E-state index in [1.54, 1.807) is 0 Å². The summed E-state index contributed by atoms with van der Waals surface area (Å²) in [5.74, 6) is 0. The number of hydrogen-bond acceptors (Lipinski definition) is 0. The van der Waals surface area contributed by atoms with Crippen molar-refractivity contribution >= 4 is 0 Å². The van der Waals surface area contributed by atoms with Gasteiger partial charge in [0.25, 0.3) is 0 Å². The quantitative estimate of drug-likeness (QED) is 0.414. The zero-order valence-corrected chi connectivity index (χ0v) is 5.72. The molecule has 0 spiro atoms. The first-order valence-electron chi connectivity index (χ1n) is 3.14. The van der Waals surface area contributed by atoms with Crippen LogP contribution >= 0.6 is 0 Å². The van der Waals surface area contributed by atoms with E-state index in [0.717, 1.165) is 6.42 Å². The van der Waals surface area contributed by atoms with Gasteiger partial charge < -0.3 is 0 Å². The molecule has 0 aliphatic carbocycles. The molecule has 0 nitrogen and oxygen atoms in total. The molecule has 0 heteroatoms. The van der Waals surface area contributed by atoms with E-state index in [-0.39, 0.29) is 0 Å². The van der Waals surface area contributed by atoms with Gasteiger partial charge in [-0.25, -0.2) is 6.07 Å². The molecule has 9 heavy (non-hydrogen) atoms. The minimum atomic E-state index is 1.02. The van der Waals surface area contributed by atoms with Gasteiger partial charge in [0, 0.05) is 0 Å². The Morgan fingerprint density at radius 3 is 3.00 bits per heavy atom. The third kappa shape index (κ3) is 1.80. The predicted octanol–water partition coefficient (Wildman–Crippen LogP) is 2.52. The van der Waals surface area contributed by atoms with Crippen molar-refractivity contribution in [3.05, 3.63) is 42.0 Å². The summed E-state index contributed by atoms with van der Waals surface area (Å²) >= 11 is 0. The molecule has 0 radical (unpaired) electrons. The van der Waals surface area contributed by atoms with Crippen molar-refractivity contribution in [3.63, 3.8) is 0 Å². The molecular weight excluding hydrogens is 108 g/mol. The molecule has 0 N–H and O–H groups in total. The highest BCUT2D eigenvalue weighted by atomic mass is 13.9. The maximum absolute atomic E-state index is 3.83. The predicted molar refractivity (Wildman–Crippen MR) is 40.6 cm³/mol. The molecule has 48 valence electrons. The fourth-order valence-electron chi connectivity index (χ4n) is 0.880. The summed E-state index contributed by atoms with van der Waals surface area (Å²) in [6.07, 6.45) is 1.02. The Kier molecular flexibility index (Phi) is 1.78. The SMILES string of the molecule is C=C(C)Cc1cc[cH-]c1. The standard InChI is InChI=1S/C9H11/c1-8(2)7-9-5-3-4-6-9/h3-6H,1,7H2,2H3/q-1. The van der Waals surface area contributed by atoms with Crippen LogP contribution in [0.3, 0.4) is 0 Å². The molecule has 0 fully saturated rings. The highest BCUT2D eigenvalue weighted by Crippen LogP contribution is 2.05. The second kappa shape index (κ2) is 2.58. The number of hydrogen-bond donors (Lipinski definition) is 0. The maximum atomic E-state index is 3.83. The van der Waals surface area contributed by atoms with Crippen molar-refractivity contribution in [2.24, 2.45) is 0 Å². The lowest BCUT2D eigenvalue weighted by molar-refractivity contribution is 1.17. The van der Waals surface area contributed by atoms with Gasteiger partial charge in [-0.1, -0.05) is 12.0 Å². The third-order valence-corrected chi connectivity index (χ3v) is 1.24. The van der Waals surface area contributed by atoms with Crippen molar-refractivity contribution in [3.8, 4) is 0 Å². The zero-order valence-electron chi connectivity index (χ0n) is 5.72. The number of allylic oxidation sites excluding steroid dienone is 1. The van der Waals surface area contributed by atoms with Crippen LogP contribution in [-0.4, -0.2) is 0 Å². The van der Waals surface area contributed by atoms with Crippen molar-refractivity contribution in [1.29, 1.82) is 0 Å². The largest absolute Gasteiger partial charge is 0.210 e. The van der Waals surface area contributed by atoms with Gasteiger partial charge in [-0.05, 0) is 6.92 Å². The highest BCUT2D eigenvalue weighted by Gasteiger charge is 1.81. The molecular formula is C9H11-. The molecule has 0 atom stereocenters. The van der Waals surface area contributed by atoms with Gasteiger partial charge in [-0.15, -0.1) is 6.58 Å². The van der Waals surface area contributed by atoms with Crippen LogP contribution < -0.4 is 0 Å². The molecule has 0 amide bonds. The Labute approximate surface area is 56.2 Å². The summed E-state index contributed by atoms with van der Waals surface area (Å²) in [5.41, 5.74) is 2.59. The molecule has 0 saturated heterocycles. The van der Waals surface area contributed by atoms with E-state index < -0.39 is 0 Å². The summed E-state index contributed by atoms with van der Waals surface area (Å²) < 4.78 is 0. The van der Waals surface area contributed by atoms with Crippen molar-refractivity contribution < 1.29 is 0 Å². The Hall–Kier alpha value is -0.910. The number of rotatable bonds is 2. The third-order valence-electron chi connectivity index (χ3n) is 1.24. The zero-order chi connectivity index (χ0) is 6.69. The van der Waals surface area contributed by atoms with Crippen LogP contribution in [0.2, 0.25) is 0 Å². The molecule has 0 aliphatic heterocycles. The van der Waals surface area contributed by atoms with Crippen molar-refractivity contribution in [2.45, 2.75) is 13.3 Å². The summed E-state index contributed by atoms with van der Waals surface area (Å²) in [7, 11) is 0. The van der Waals surface area contributed by atoms with Gasteiger partial charge in [0.2, 0.25) is 0 Å². The van der Waals surface area contributed by atoms with E-state index >= 15 is 0 Å². The normalized spacial score (nSPS) is 9.44. The summed E-state index contributed by atoms with van der Waals surface area (Å²) in [6, 6.07) is 8.35. The molecule has 0 bridgehead atoms. The van der Waals surface area contributed by atoms with Gasteiger partial charge >= 0.3 is 0 Å². The fraction of sp³-hybridized carbons (Fsp3) is 0.222. The first kappa shape index (κ1) is 6.21. The van der Waals surface area contributed by atoms with Crippen LogP contribution in [0.15, 0.2) is 36.4 Å². The van der Waals surface area contributed by atoms with E-state index in [2.05, 4.69) is 30.8 Å². The molecule has 1 aromatic rings. The Bertz CT molecular complexity index is 180. The van der Waals surface area contributed by atoms with Gasteiger partial charge in [-0.3, -0.25) is 0 Å². The highest BCUT2D eigenvalue weighted by molar-refractivity contribution is 5.20. The van der Waals surface area contributed by atoms with Crippen LogP contribution in [0.1, 0.15) is 12.5 Å². The van der Waals surface area contributed by atoms with E-state index in [9.17, 15) is 0 Å². The van der Waals surface area contributed by atoms with E-state index in [4.69, 9.17) is 0 Å². The topological polar surface area (TPSA) is 0 Å². The molecule has 0 saturated carbocycles. The fourth-order valence-corrected chi connectivity index (χ4v) is 0.880. The second-order valence-electron chi connectivity index (χ2n) is 2.43. The minimum absolute atomic E-state index is 1.02. The average molecular weight is 119 g/mol. The molecule has 0 heterocycles. The Morgan fingerprint density at radius 1 is 1.78 bits per heavy atom. The smallest absolute Gasteiger partial charge is 0.0449 e. The lowest BCUT2D eigenvalue weighted by Gasteiger charge is -2.00. The molecule has 0 aromatic heterocycles. The monoisotopic (exact) mass is 119 g/mol. The maximum Gasteiger partial charge on any atom is -0.0449 e. The molecule has 0 aliphatic rings. The Morgan fingerprint density at radius 2 is 2.56 bits per heavy atom. The van der Waals surface area contributed by atoms with E-state index in [0.29, 0.717) is 0 Å². The molecule has 1 rings (SSSR count). The summed E-state index contributed by atoms with van der Waals surface area (Å²) in [4.78, 5) is 0. The van der Waals surface area contributed by atoms with Gasteiger partial charge in [0.1, 0.15) is 0 Å². The van der Waals surface area contributed by atoms with Crippen molar-refractivity contribution in [1.82, 2.24) is 0 Å². The summed E-state index contributed by atoms with van der Waals surface area (Å²) in [5, 5.41) is 0. The first-order valence-corrected chi connectivity index (χ1v) is 3.14. The lowest BCUT2D eigenvalue weighted by atomic mass is 10.1.